The molecule has 0 atom stereocenters. The molecule has 0 radical (unpaired) electrons. The van der Waals surface area contributed by atoms with E-state index < -0.39 is 0 Å². The molecule has 1 aliphatic carbocycles. The van der Waals surface area contributed by atoms with E-state index in [4.69, 9.17) is 4.42 Å². The van der Waals surface area contributed by atoms with Gasteiger partial charge in [0.25, 0.3) is 0 Å². The van der Waals surface area contributed by atoms with Crippen LogP contribution in [0.5, 0.6) is 0 Å². The second-order valence-electron chi connectivity index (χ2n) is 8.90. The molecular formula is C32H43N2O+. The Morgan fingerprint density at radius 3 is 2.06 bits per heavy atom. The van der Waals surface area contributed by atoms with Gasteiger partial charge in [0.15, 0.2) is 0 Å². The fourth-order valence-electron chi connectivity index (χ4n) is 4.80. The highest BCUT2D eigenvalue weighted by atomic mass is 16.3. The van der Waals surface area contributed by atoms with Gasteiger partial charge in [0.05, 0.1) is 6.07 Å². The van der Waals surface area contributed by atoms with Crippen molar-refractivity contribution in [2.75, 3.05) is 31.1 Å². The molecule has 0 saturated heterocycles. The molecule has 0 N–H and O–H groups in total. The Morgan fingerprint density at radius 1 is 0.743 bits per heavy atom. The lowest BCUT2D eigenvalue weighted by molar-refractivity contribution is 0.604. The highest BCUT2D eigenvalue weighted by Gasteiger charge is 2.20. The third-order valence-corrected chi connectivity index (χ3v) is 6.61. The monoisotopic (exact) mass is 471 g/mol. The van der Waals surface area contributed by atoms with Crippen LogP contribution in [-0.2, 0) is 6.42 Å². The van der Waals surface area contributed by atoms with Crippen LogP contribution in [0.3, 0.4) is 0 Å². The first-order valence-electron chi connectivity index (χ1n) is 13.5. The Labute approximate surface area is 212 Å². The van der Waals surface area contributed by atoms with Gasteiger partial charge in [-0.1, -0.05) is 51.5 Å². The zero-order valence-electron chi connectivity index (χ0n) is 22.8. The summed E-state index contributed by atoms with van der Waals surface area (Å²) in [6.45, 7) is 19.2. The summed E-state index contributed by atoms with van der Waals surface area (Å²) in [7, 11) is 0. The molecule has 0 amide bonds. The number of fused-ring (bicyclic) bond motifs is 2. The van der Waals surface area contributed by atoms with E-state index in [2.05, 4.69) is 119 Å². The van der Waals surface area contributed by atoms with Crippen molar-refractivity contribution in [3.05, 3.63) is 71.6 Å². The smallest absolute Gasteiger partial charge is 0.203 e. The lowest BCUT2D eigenvalue weighted by Gasteiger charge is -2.22. The van der Waals surface area contributed by atoms with Crippen molar-refractivity contribution in [1.82, 2.24) is 4.58 Å². The van der Waals surface area contributed by atoms with Crippen LogP contribution in [0, 0.1) is 0 Å². The maximum atomic E-state index is 6.59. The van der Waals surface area contributed by atoms with E-state index in [1.54, 1.807) is 0 Å². The van der Waals surface area contributed by atoms with Crippen molar-refractivity contribution < 1.29 is 4.42 Å². The summed E-state index contributed by atoms with van der Waals surface area (Å²) in [5, 5.41) is 2.38. The molecule has 0 aromatic heterocycles. The zero-order chi connectivity index (χ0) is 25.4. The SMILES string of the molecule is CCC.CCc1ccccc1-c1c2ccc(=[N+](CC)CC)cc-2oc2cc(N(CC)CC)ccc12. The second kappa shape index (κ2) is 12.6. The van der Waals surface area contributed by atoms with E-state index in [1.807, 2.05) is 0 Å². The normalized spacial score (nSPS) is 10.8. The first-order chi connectivity index (χ1) is 17.1. The van der Waals surface area contributed by atoms with Crippen molar-refractivity contribution in [2.45, 2.75) is 61.3 Å². The number of hydrogen-bond donors (Lipinski definition) is 0. The van der Waals surface area contributed by atoms with Gasteiger partial charge >= 0.3 is 0 Å². The van der Waals surface area contributed by atoms with Crippen molar-refractivity contribution >= 4 is 16.7 Å². The number of benzene rings is 3. The van der Waals surface area contributed by atoms with Gasteiger partial charge in [-0.15, -0.1) is 0 Å². The van der Waals surface area contributed by atoms with Gasteiger partial charge in [0.1, 0.15) is 24.4 Å². The topological polar surface area (TPSA) is 19.4 Å². The van der Waals surface area contributed by atoms with Crippen molar-refractivity contribution in [3.63, 3.8) is 0 Å². The predicted molar refractivity (Wildman–Crippen MR) is 154 cm³/mol. The van der Waals surface area contributed by atoms with Crippen LogP contribution in [0.4, 0.5) is 5.69 Å². The lowest BCUT2D eigenvalue weighted by atomic mass is 9.90. The minimum atomic E-state index is 0.944. The van der Waals surface area contributed by atoms with Gasteiger partial charge < -0.3 is 9.32 Å². The van der Waals surface area contributed by atoms with Crippen LogP contribution in [0.25, 0.3) is 33.4 Å². The Bertz CT molecular complexity index is 1270. The maximum absolute atomic E-state index is 6.59. The molecule has 2 aromatic rings. The molecule has 35 heavy (non-hydrogen) atoms. The van der Waals surface area contributed by atoms with Crippen LogP contribution in [-0.4, -0.2) is 26.2 Å². The van der Waals surface area contributed by atoms with Crippen molar-refractivity contribution in [3.8, 4) is 22.5 Å². The van der Waals surface area contributed by atoms with Gasteiger partial charge in [-0.3, -0.25) is 0 Å². The van der Waals surface area contributed by atoms with Gasteiger partial charge in [-0.2, -0.15) is 0 Å². The molecule has 1 heterocycles. The average molecular weight is 472 g/mol. The van der Waals surface area contributed by atoms with Crippen LogP contribution >= 0.6 is 0 Å². The fourth-order valence-corrected chi connectivity index (χ4v) is 4.80. The quantitative estimate of drug-likeness (QED) is 0.202. The zero-order valence-corrected chi connectivity index (χ0v) is 22.8. The molecule has 0 saturated carbocycles. The molecular weight excluding hydrogens is 428 g/mol. The average Bonchev–Trinajstić information content (AvgIpc) is 2.89. The van der Waals surface area contributed by atoms with Gasteiger partial charge in [0, 0.05) is 47.4 Å². The largest absolute Gasteiger partial charge is 0.456 e. The van der Waals surface area contributed by atoms with Crippen LogP contribution < -0.4 is 14.8 Å². The molecule has 186 valence electrons. The van der Waals surface area contributed by atoms with Gasteiger partial charge in [0.2, 0.25) is 5.36 Å². The molecule has 3 nitrogen and oxygen atoms in total. The number of nitrogens with zero attached hydrogens (tertiary/aromatic N) is 2. The van der Waals surface area contributed by atoms with E-state index in [0.29, 0.717) is 0 Å². The molecule has 3 heteroatoms. The van der Waals surface area contributed by atoms with Crippen LogP contribution in [0.1, 0.15) is 60.5 Å². The molecule has 4 rings (SSSR count). The summed E-state index contributed by atoms with van der Waals surface area (Å²) in [5.74, 6) is 0.944. The fraction of sp³-hybridized carbons (Fsp3) is 0.406. The maximum Gasteiger partial charge on any atom is 0.203 e. The third-order valence-electron chi connectivity index (χ3n) is 6.61. The van der Waals surface area contributed by atoms with E-state index in [-0.39, 0.29) is 0 Å². The Morgan fingerprint density at radius 2 is 1.43 bits per heavy atom. The van der Waals surface area contributed by atoms with Crippen molar-refractivity contribution in [2.24, 2.45) is 0 Å². The number of anilines is 1. The molecule has 2 aliphatic rings. The van der Waals surface area contributed by atoms with Crippen LogP contribution in [0.15, 0.2) is 65.1 Å². The van der Waals surface area contributed by atoms with E-state index in [9.17, 15) is 0 Å². The van der Waals surface area contributed by atoms with E-state index in [1.165, 1.54) is 45.1 Å². The summed E-state index contributed by atoms with van der Waals surface area (Å²) in [6.07, 6.45) is 2.25. The summed E-state index contributed by atoms with van der Waals surface area (Å²) in [6, 6.07) is 22.2. The number of hydrogen-bond acceptors (Lipinski definition) is 2. The predicted octanol–water partition coefficient (Wildman–Crippen LogP) is 7.84. The first-order valence-corrected chi connectivity index (χ1v) is 13.5. The Kier molecular flexibility index (Phi) is 9.54. The Balaban J connectivity index is 0.00000108. The highest BCUT2D eigenvalue weighted by Crippen LogP contribution is 2.42. The number of aryl methyl sites for hydroxylation is 1. The third kappa shape index (κ3) is 5.61. The standard InChI is InChI=1S/C29H35N2O.C3H8/c1-6-21-13-11-12-14-24(21)29-25-17-15-22(30(7-2)8-3)19-27(25)32-28-20-23(16-18-26(28)29)31(9-4)10-5;1-3-2/h11-20H,6-10H2,1-5H3;3H2,1-2H3/q+1;. The molecule has 0 bridgehead atoms. The molecule has 1 aliphatic heterocycles. The number of rotatable bonds is 7. The van der Waals surface area contributed by atoms with Crippen LogP contribution in [0.2, 0.25) is 0 Å². The van der Waals surface area contributed by atoms with Gasteiger partial charge in [-0.05, 0) is 63.4 Å². The Hall–Kier alpha value is -3.07. The lowest BCUT2D eigenvalue weighted by Crippen LogP contribution is -2.29. The summed E-state index contributed by atoms with van der Waals surface area (Å²) >= 11 is 0. The molecule has 0 spiro atoms. The van der Waals surface area contributed by atoms with Crippen molar-refractivity contribution in [1.29, 1.82) is 0 Å². The summed E-state index contributed by atoms with van der Waals surface area (Å²) in [4.78, 5) is 2.37. The minimum Gasteiger partial charge on any atom is -0.456 e. The van der Waals surface area contributed by atoms with Gasteiger partial charge in [-0.25, -0.2) is 4.58 Å². The highest BCUT2D eigenvalue weighted by molar-refractivity contribution is 6.03. The summed E-state index contributed by atoms with van der Waals surface area (Å²) in [5.41, 5.74) is 7.26. The summed E-state index contributed by atoms with van der Waals surface area (Å²) < 4.78 is 8.95. The van der Waals surface area contributed by atoms with E-state index >= 15 is 0 Å². The van der Waals surface area contributed by atoms with E-state index in [0.717, 1.165) is 43.9 Å². The first kappa shape index (κ1) is 26.5. The molecule has 0 fully saturated rings. The molecule has 0 unspecified atom stereocenters. The minimum absolute atomic E-state index is 0.944. The second-order valence-corrected chi connectivity index (χ2v) is 8.90. The molecule has 2 aromatic carbocycles.